The molecule has 2 amide bonds. The molecule has 114 valence electrons. The number of aliphatic hydroxyl groups excluding tert-OH is 1. The zero-order valence-corrected chi connectivity index (χ0v) is 13.1. The molecule has 21 heavy (non-hydrogen) atoms. The number of hydrogen-bond donors (Lipinski definition) is 3. The van der Waals surface area contributed by atoms with Gasteiger partial charge in [0.2, 0.25) is 0 Å². The van der Waals surface area contributed by atoms with E-state index in [0.717, 1.165) is 6.42 Å². The number of carboxylic acids is 1. The molecule has 1 aromatic rings. The number of aromatic carboxylic acids is 1. The number of carbonyl (C=O) groups excluding carboxylic acids is 1. The van der Waals surface area contributed by atoms with Crippen LogP contribution in [0.1, 0.15) is 23.7 Å². The summed E-state index contributed by atoms with van der Waals surface area (Å²) < 4.78 is 0.584. The van der Waals surface area contributed by atoms with Crippen LogP contribution in [0.25, 0.3) is 0 Å². The van der Waals surface area contributed by atoms with Crippen molar-refractivity contribution in [3.8, 4) is 0 Å². The van der Waals surface area contributed by atoms with Gasteiger partial charge in [0.15, 0.2) is 0 Å². The molecule has 0 radical (unpaired) electrons. The highest BCUT2D eigenvalue weighted by atomic mass is 79.9. The highest BCUT2D eigenvalue weighted by Crippen LogP contribution is 2.23. The number of carbonyl (C=O) groups is 2. The fourth-order valence-corrected chi connectivity index (χ4v) is 2.85. The van der Waals surface area contributed by atoms with Crippen molar-refractivity contribution < 1.29 is 19.8 Å². The van der Waals surface area contributed by atoms with Gasteiger partial charge in [0.25, 0.3) is 0 Å². The summed E-state index contributed by atoms with van der Waals surface area (Å²) in [6.45, 7) is 2.81. The molecule has 2 atom stereocenters. The molecular formula is C14H17BrN2O4. The van der Waals surface area contributed by atoms with Gasteiger partial charge in [-0.3, -0.25) is 0 Å². The summed E-state index contributed by atoms with van der Waals surface area (Å²) >= 11 is 3.22. The van der Waals surface area contributed by atoms with Crippen LogP contribution < -0.4 is 5.32 Å². The van der Waals surface area contributed by atoms with E-state index in [4.69, 9.17) is 5.11 Å². The van der Waals surface area contributed by atoms with Crippen molar-refractivity contribution in [2.24, 2.45) is 5.92 Å². The maximum Gasteiger partial charge on any atom is 0.335 e. The van der Waals surface area contributed by atoms with Gasteiger partial charge < -0.3 is 20.4 Å². The van der Waals surface area contributed by atoms with Crippen molar-refractivity contribution in [3.05, 3.63) is 28.2 Å². The maximum absolute atomic E-state index is 12.1. The largest absolute Gasteiger partial charge is 0.478 e. The van der Waals surface area contributed by atoms with Crippen LogP contribution in [0, 0.1) is 5.92 Å². The van der Waals surface area contributed by atoms with E-state index in [1.165, 1.54) is 12.1 Å². The third-order valence-corrected chi connectivity index (χ3v) is 4.05. The van der Waals surface area contributed by atoms with E-state index in [1.807, 2.05) is 0 Å². The third kappa shape index (κ3) is 3.95. The predicted octanol–water partition coefficient (Wildman–Crippen LogP) is 2.38. The molecule has 0 saturated carbocycles. The van der Waals surface area contributed by atoms with E-state index in [2.05, 4.69) is 21.2 Å². The lowest BCUT2D eigenvalue weighted by molar-refractivity contribution is 0.0696. The summed E-state index contributed by atoms with van der Waals surface area (Å²) in [7, 11) is 0. The second kappa shape index (κ2) is 6.44. The minimum absolute atomic E-state index is 0.0906. The predicted molar refractivity (Wildman–Crippen MR) is 81.5 cm³/mol. The third-order valence-electron chi connectivity index (χ3n) is 3.59. The first-order chi connectivity index (χ1) is 9.86. The second-order valence-corrected chi connectivity index (χ2v) is 6.11. The molecule has 1 saturated heterocycles. The quantitative estimate of drug-likeness (QED) is 0.775. The van der Waals surface area contributed by atoms with Crippen LogP contribution >= 0.6 is 15.9 Å². The molecule has 0 aromatic heterocycles. The number of urea groups is 1. The van der Waals surface area contributed by atoms with Crippen molar-refractivity contribution in [2.75, 3.05) is 18.4 Å². The molecule has 7 heteroatoms. The lowest BCUT2D eigenvalue weighted by atomic mass is 10.0. The number of nitrogens with zero attached hydrogens (tertiary/aromatic N) is 1. The maximum atomic E-state index is 12.1. The molecule has 3 N–H and O–H groups in total. The molecule has 1 aliphatic heterocycles. The summed E-state index contributed by atoms with van der Waals surface area (Å²) in [5.41, 5.74) is 0.523. The minimum Gasteiger partial charge on any atom is -0.478 e. The molecular weight excluding hydrogens is 340 g/mol. The molecule has 0 aliphatic carbocycles. The lowest BCUT2D eigenvalue weighted by Crippen LogP contribution is -2.34. The Balaban J connectivity index is 2.05. The number of anilines is 1. The highest BCUT2D eigenvalue weighted by molar-refractivity contribution is 9.10. The molecule has 1 fully saturated rings. The van der Waals surface area contributed by atoms with Gasteiger partial charge >= 0.3 is 12.0 Å². The molecule has 0 bridgehead atoms. The van der Waals surface area contributed by atoms with Crippen LogP contribution in [-0.4, -0.2) is 46.3 Å². The van der Waals surface area contributed by atoms with Crippen molar-refractivity contribution in [3.63, 3.8) is 0 Å². The Hall–Kier alpha value is -1.60. The number of likely N-dealkylation sites (tertiary alicyclic amines) is 1. The van der Waals surface area contributed by atoms with E-state index in [0.29, 0.717) is 23.2 Å². The number of rotatable bonds is 3. The first kappa shape index (κ1) is 15.8. The second-order valence-electron chi connectivity index (χ2n) is 5.20. The normalized spacial score (nSPS) is 19.4. The highest BCUT2D eigenvalue weighted by Gasteiger charge is 2.29. The molecule has 2 rings (SSSR count). The van der Waals surface area contributed by atoms with Crippen molar-refractivity contribution in [1.29, 1.82) is 0 Å². The fraction of sp³-hybridized carbons (Fsp3) is 0.429. The van der Waals surface area contributed by atoms with E-state index in [1.54, 1.807) is 17.9 Å². The number of hydrogen-bond acceptors (Lipinski definition) is 3. The summed E-state index contributed by atoms with van der Waals surface area (Å²) in [6, 6.07) is 4.24. The number of carboxylic acid groups (broad SMARTS) is 1. The zero-order valence-electron chi connectivity index (χ0n) is 11.5. The number of aliphatic hydroxyl groups is 1. The summed E-state index contributed by atoms with van der Waals surface area (Å²) in [5, 5.41) is 21.2. The van der Waals surface area contributed by atoms with Crippen LogP contribution in [0.2, 0.25) is 0 Å². The first-order valence-corrected chi connectivity index (χ1v) is 7.44. The van der Waals surface area contributed by atoms with Gasteiger partial charge in [-0.15, -0.1) is 0 Å². The molecule has 6 nitrogen and oxygen atoms in total. The van der Waals surface area contributed by atoms with Gasteiger partial charge in [0.1, 0.15) is 0 Å². The van der Waals surface area contributed by atoms with Crippen LogP contribution in [0.15, 0.2) is 22.7 Å². The van der Waals surface area contributed by atoms with Crippen LogP contribution in [0.3, 0.4) is 0 Å². The molecule has 1 heterocycles. The van der Waals surface area contributed by atoms with E-state index in [9.17, 15) is 14.7 Å². The van der Waals surface area contributed by atoms with Crippen molar-refractivity contribution in [1.82, 2.24) is 4.90 Å². The number of benzene rings is 1. The monoisotopic (exact) mass is 356 g/mol. The van der Waals surface area contributed by atoms with Gasteiger partial charge in [-0.2, -0.15) is 0 Å². The lowest BCUT2D eigenvalue weighted by Gasteiger charge is -2.18. The van der Waals surface area contributed by atoms with Gasteiger partial charge in [0.05, 0.1) is 11.7 Å². The Bertz CT molecular complexity index is 562. The number of amides is 2. The van der Waals surface area contributed by atoms with Gasteiger partial charge in [-0.05, 0) is 31.5 Å². The molecule has 1 aliphatic rings. The van der Waals surface area contributed by atoms with Gasteiger partial charge in [0, 0.05) is 29.2 Å². The smallest absolute Gasteiger partial charge is 0.335 e. The SMILES string of the molecule is CC(O)C1CCN(C(=O)Nc2cc(Br)cc(C(=O)O)c2)C1. The first-order valence-electron chi connectivity index (χ1n) is 6.64. The van der Waals surface area contributed by atoms with Gasteiger partial charge in [-0.1, -0.05) is 15.9 Å². The fourth-order valence-electron chi connectivity index (χ4n) is 2.35. The van der Waals surface area contributed by atoms with E-state index < -0.39 is 12.1 Å². The van der Waals surface area contributed by atoms with Crippen molar-refractivity contribution >= 4 is 33.6 Å². The summed E-state index contributed by atoms with van der Waals surface area (Å²) in [4.78, 5) is 24.8. The Morgan fingerprint density at radius 3 is 2.71 bits per heavy atom. The standard InChI is InChI=1S/C14H17BrN2O4/c1-8(18)9-2-3-17(7-9)14(21)16-12-5-10(13(19)20)4-11(15)6-12/h4-6,8-9,18H,2-3,7H2,1H3,(H,16,21)(H,19,20). The summed E-state index contributed by atoms with van der Waals surface area (Å²) in [6.07, 6.45) is 0.330. The average molecular weight is 357 g/mol. The average Bonchev–Trinajstić information content (AvgIpc) is 2.87. The Kier molecular flexibility index (Phi) is 4.84. The Labute approximate surface area is 130 Å². The van der Waals surface area contributed by atoms with Crippen LogP contribution in [-0.2, 0) is 0 Å². The van der Waals surface area contributed by atoms with E-state index in [-0.39, 0.29) is 17.5 Å². The topological polar surface area (TPSA) is 89.9 Å². The summed E-state index contributed by atoms with van der Waals surface area (Å²) in [5.74, 6) is -0.963. The minimum atomic E-state index is -1.05. The molecule has 2 unspecified atom stereocenters. The number of nitrogens with one attached hydrogen (secondary N) is 1. The van der Waals surface area contributed by atoms with Gasteiger partial charge in [-0.25, -0.2) is 9.59 Å². The molecule has 1 aromatic carbocycles. The van der Waals surface area contributed by atoms with Crippen LogP contribution in [0.5, 0.6) is 0 Å². The van der Waals surface area contributed by atoms with E-state index >= 15 is 0 Å². The van der Waals surface area contributed by atoms with Crippen molar-refractivity contribution in [2.45, 2.75) is 19.4 Å². The zero-order chi connectivity index (χ0) is 15.6. The Morgan fingerprint density at radius 1 is 1.43 bits per heavy atom. The van der Waals surface area contributed by atoms with Crippen LogP contribution in [0.4, 0.5) is 10.5 Å². The number of halogens is 1. The Morgan fingerprint density at radius 2 is 2.14 bits per heavy atom. The molecule has 0 spiro atoms.